The second-order valence-corrected chi connectivity index (χ2v) is 4.09. The van der Waals surface area contributed by atoms with E-state index in [1.54, 1.807) is 24.3 Å². The molecule has 0 saturated heterocycles. The molecule has 21 heavy (non-hydrogen) atoms. The Morgan fingerprint density at radius 2 is 2.05 bits per heavy atom. The Bertz CT molecular complexity index is 695. The number of nitrogens with zero attached hydrogens (tertiary/aromatic N) is 4. The van der Waals surface area contributed by atoms with Gasteiger partial charge in [0, 0.05) is 18.0 Å². The lowest BCUT2D eigenvalue weighted by atomic mass is 10.2. The topological polar surface area (TPSA) is 66.0 Å². The van der Waals surface area contributed by atoms with Gasteiger partial charge in [0.15, 0.2) is 5.82 Å². The van der Waals surface area contributed by atoms with Crippen LogP contribution in [0.4, 0.5) is 8.78 Å². The average molecular weight is 292 g/mol. The smallest absolute Gasteiger partial charge is 0.320 e. The molecule has 6 nitrogen and oxygen atoms in total. The zero-order chi connectivity index (χ0) is 14.7. The van der Waals surface area contributed by atoms with Gasteiger partial charge in [0.25, 0.3) is 0 Å². The highest BCUT2D eigenvalue weighted by Crippen LogP contribution is 2.21. The van der Waals surface area contributed by atoms with Crippen LogP contribution in [-0.4, -0.2) is 19.7 Å². The lowest BCUT2D eigenvalue weighted by Gasteiger charge is -2.08. The van der Waals surface area contributed by atoms with E-state index in [1.807, 2.05) is 0 Å². The molecule has 2 aromatic heterocycles. The van der Waals surface area contributed by atoms with Crippen molar-refractivity contribution in [2.75, 3.05) is 0 Å². The SMILES string of the molecule is FC(F)n1ccnc1COc1ccc(-c2nnco2)cc1. The third-order valence-electron chi connectivity index (χ3n) is 2.79. The van der Waals surface area contributed by atoms with Crippen molar-refractivity contribution in [1.29, 1.82) is 0 Å². The number of halogens is 2. The molecule has 0 bridgehead atoms. The Labute approximate surface area is 118 Å². The summed E-state index contributed by atoms with van der Waals surface area (Å²) in [6.07, 6.45) is 3.76. The molecule has 3 aromatic rings. The third kappa shape index (κ3) is 2.88. The Kier molecular flexibility index (Phi) is 3.59. The van der Waals surface area contributed by atoms with Gasteiger partial charge in [-0.1, -0.05) is 0 Å². The van der Waals surface area contributed by atoms with Crippen LogP contribution in [0, 0.1) is 0 Å². The molecule has 0 unspecified atom stereocenters. The number of benzene rings is 1. The molecule has 0 aliphatic carbocycles. The van der Waals surface area contributed by atoms with E-state index in [9.17, 15) is 8.78 Å². The van der Waals surface area contributed by atoms with Crippen molar-refractivity contribution in [3.05, 3.63) is 48.9 Å². The summed E-state index contributed by atoms with van der Waals surface area (Å²) < 4.78 is 36.5. The van der Waals surface area contributed by atoms with Crippen molar-refractivity contribution in [1.82, 2.24) is 19.7 Å². The Hall–Kier alpha value is -2.77. The van der Waals surface area contributed by atoms with E-state index in [0.717, 1.165) is 10.1 Å². The maximum Gasteiger partial charge on any atom is 0.320 e. The van der Waals surface area contributed by atoms with E-state index in [0.29, 0.717) is 11.6 Å². The van der Waals surface area contributed by atoms with E-state index in [4.69, 9.17) is 9.15 Å². The largest absolute Gasteiger partial charge is 0.486 e. The van der Waals surface area contributed by atoms with Crippen LogP contribution in [0.15, 0.2) is 47.5 Å². The Balaban J connectivity index is 1.67. The first kappa shape index (κ1) is 13.2. The van der Waals surface area contributed by atoms with E-state index < -0.39 is 6.55 Å². The molecule has 0 saturated carbocycles. The van der Waals surface area contributed by atoms with Crippen molar-refractivity contribution >= 4 is 0 Å². The molecular weight excluding hydrogens is 282 g/mol. The molecule has 0 N–H and O–H groups in total. The number of ether oxygens (including phenoxy) is 1. The first-order valence-corrected chi connectivity index (χ1v) is 6.03. The summed E-state index contributed by atoms with van der Waals surface area (Å²) in [5, 5.41) is 7.37. The van der Waals surface area contributed by atoms with E-state index in [-0.39, 0.29) is 12.4 Å². The summed E-state index contributed by atoms with van der Waals surface area (Å²) in [6.45, 7) is -2.68. The van der Waals surface area contributed by atoms with Crippen LogP contribution in [0.5, 0.6) is 5.75 Å². The summed E-state index contributed by atoms with van der Waals surface area (Å²) in [4.78, 5) is 3.84. The van der Waals surface area contributed by atoms with Gasteiger partial charge in [-0.15, -0.1) is 10.2 Å². The number of aromatic nitrogens is 4. The Morgan fingerprint density at radius 1 is 1.24 bits per heavy atom. The molecule has 2 heterocycles. The van der Waals surface area contributed by atoms with Gasteiger partial charge in [-0.05, 0) is 24.3 Å². The van der Waals surface area contributed by atoms with Crippen molar-refractivity contribution < 1.29 is 17.9 Å². The van der Waals surface area contributed by atoms with Gasteiger partial charge in [-0.25, -0.2) is 4.98 Å². The van der Waals surface area contributed by atoms with E-state index in [2.05, 4.69) is 15.2 Å². The number of hydrogen-bond acceptors (Lipinski definition) is 5. The molecule has 3 rings (SSSR count). The fourth-order valence-electron chi connectivity index (χ4n) is 1.77. The fraction of sp³-hybridized carbons (Fsp3) is 0.154. The van der Waals surface area contributed by atoms with Crippen LogP contribution in [0.1, 0.15) is 12.4 Å². The first-order valence-electron chi connectivity index (χ1n) is 6.03. The fourth-order valence-corrected chi connectivity index (χ4v) is 1.77. The number of alkyl halides is 2. The maximum absolute atomic E-state index is 12.6. The molecule has 0 amide bonds. The van der Waals surface area contributed by atoms with Gasteiger partial charge in [0.1, 0.15) is 12.4 Å². The molecule has 8 heteroatoms. The lowest BCUT2D eigenvalue weighted by molar-refractivity contribution is 0.0632. The summed E-state index contributed by atoms with van der Waals surface area (Å²) in [5.41, 5.74) is 0.744. The molecule has 108 valence electrons. The minimum Gasteiger partial charge on any atom is -0.486 e. The quantitative estimate of drug-likeness (QED) is 0.723. The third-order valence-corrected chi connectivity index (χ3v) is 2.79. The number of rotatable bonds is 5. The summed E-state index contributed by atoms with van der Waals surface area (Å²) in [7, 11) is 0. The van der Waals surface area contributed by atoms with Crippen LogP contribution in [0.2, 0.25) is 0 Å². The maximum atomic E-state index is 12.6. The van der Waals surface area contributed by atoms with Gasteiger partial charge in [0.2, 0.25) is 12.3 Å². The summed E-state index contributed by atoms with van der Waals surface area (Å²) in [6, 6.07) is 6.86. The zero-order valence-corrected chi connectivity index (χ0v) is 10.7. The van der Waals surface area contributed by atoms with Crippen molar-refractivity contribution in [2.45, 2.75) is 13.2 Å². The van der Waals surface area contributed by atoms with Gasteiger partial charge in [-0.3, -0.25) is 4.57 Å². The average Bonchev–Trinajstić information content (AvgIpc) is 3.17. The number of imidazole rings is 1. The molecule has 1 aromatic carbocycles. The van der Waals surface area contributed by atoms with Crippen molar-refractivity contribution in [3.63, 3.8) is 0 Å². The highest BCUT2D eigenvalue weighted by atomic mass is 19.3. The van der Waals surface area contributed by atoms with E-state index in [1.165, 1.54) is 18.8 Å². The van der Waals surface area contributed by atoms with Crippen LogP contribution < -0.4 is 4.74 Å². The highest BCUT2D eigenvalue weighted by Gasteiger charge is 2.11. The second kappa shape index (κ2) is 5.70. The van der Waals surface area contributed by atoms with Crippen molar-refractivity contribution in [3.8, 4) is 17.2 Å². The highest BCUT2D eigenvalue weighted by molar-refractivity contribution is 5.53. The predicted molar refractivity (Wildman–Crippen MR) is 67.5 cm³/mol. The zero-order valence-electron chi connectivity index (χ0n) is 10.7. The lowest BCUT2D eigenvalue weighted by Crippen LogP contribution is -2.07. The van der Waals surface area contributed by atoms with Crippen LogP contribution >= 0.6 is 0 Å². The molecule has 0 spiro atoms. The van der Waals surface area contributed by atoms with Gasteiger partial charge in [0.05, 0.1) is 0 Å². The molecule has 0 aliphatic heterocycles. The molecule has 0 fully saturated rings. The van der Waals surface area contributed by atoms with Crippen LogP contribution in [-0.2, 0) is 6.61 Å². The van der Waals surface area contributed by atoms with Gasteiger partial charge < -0.3 is 9.15 Å². The van der Waals surface area contributed by atoms with Crippen molar-refractivity contribution in [2.24, 2.45) is 0 Å². The minimum absolute atomic E-state index is 0.0444. The molecular formula is C13H10F2N4O2. The monoisotopic (exact) mass is 292 g/mol. The van der Waals surface area contributed by atoms with E-state index >= 15 is 0 Å². The van der Waals surface area contributed by atoms with Gasteiger partial charge >= 0.3 is 6.55 Å². The molecule has 0 aliphatic rings. The predicted octanol–water partition coefficient (Wildman–Crippen LogP) is 2.91. The Morgan fingerprint density at radius 3 is 2.71 bits per heavy atom. The second-order valence-electron chi connectivity index (χ2n) is 4.09. The standard InChI is InChI=1S/C13H10F2N4O2/c14-13(15)19-6-5-16-11(19)7-20-10-3-1-9(2-4-10)12-18-17-8-21-12/h1-6,8,13H,7H2. The first-order chi connectivity index (χ1) is 10.2. The van der Waals surface area contributed by atoms with Gasteiger partial charge in [-0.2, -0.15) is 8.78 Å². The molecule has 0 radical (unpaired) electrons. The summed E-state index contributed by atoms with van der Waals surface area (Å²) >= 11 is 0. The molecule has 0 atom stereocenters. The minimum atomic E-state index is -2.63. The summed E-state index contributed by atoms with van der Waals surface area (Å²) in [5.74, 6) is 1.09. The van der Waals surface area contributed by atoms with Crippen LogP contribution in [0.25, 0.3) is 11.5 Å². The van der Waals surface area contributed by atoms with Crippen LogP contribution in [0.3, 0.4) is 0 Å². The normalized spacial score (nSPS) is 11.0. The number of hydrogen-bond donors (Lipinski definition) is 0.